The summed E-state index contributed by atoms with van der Waals surface area (Å²) in [4.78, 5) is 13.8. The maximum atomic E-state index is 12.1. The molecule has 0 aromatic carbocycles. The summed E-state index contributed by atoms with van der Waals surface area (Å²) in [5, 5.41) is 4.02. The molecule has 0 saturated carbocycles. The third-order valence-corrected chi connectivity index (χ3v) is 3.19. The number of amides is 1. The Morgan fingerprint density at radius 2 is 2.38 bits per heavy atom. The van der Waals surface area contributed by atoms with E-state index >= 15 is 0 Å². The molecule has 90 valence electrons. The van der Waals surface area contributed by atoms with Crippen LogP contribution < -0.4 is 5.73 Å². The third kappa shape index (κ3) is 2.39. The van der Waals surface area contributed by atoms with Gasteiger partial charge in [0.1, 0.15) is 5.69 Å². The molecule has 1 aromatic heterocycles. The number of likely N-dealkylation sites (tertiary alicyclic amines) is 1. The minimum atomic E-state index is -0.00479. The van der Waals surface area contributed by atoms with Gasteiger partial charge in [0, 0.05) is 26.2 Å². The van der Waals surface area contributed by atoms with Crippen molar-refractivity contribution in [1.29, 1.82) is 0 Å². The fourth-order valence-corrected chi connectivity index (χ4v) is 2.29. The average molecular weight is 310 g/mol. The van der Waals surface area contributed by atoms with Crippen molar-refractivity contribution in [2.75, 3.05) is 13.1 Å². The molecule has 2 heterocycles. The number of halogens is 2. The first-order chi connectivity index (χ1) is 7.09. The minimum absolute atomic E-state index is 0. The molecule has 1 amide bonds. The second kappa shape index (κ2) is 5.16. The Morgan fingerprint density at radius 1 is 1.69 bits per heavy atom. The number of hydrogen-bond acceptors (Lipinski definition) is 3. The van der Waals surface area contributed by atoms with Crippen molar-refractivity contribution in [2.45, 2.75) is 12.5 Å². The first-order valence-electron chi connectivity index (χ1n) is 4.82. The van der Waals surface area contributed by atoms with Crippen LogP contribution in [-0.4, -0.2) is 39.7 Å². The smallest absolute Gasteiger partial charge is 0.273 e. The van der Waals surface area contributed by atoms with Crippen LogP contribution >= 0.6 is 28.3 Å². The molecule has 0 bridgehead atoms. The van der Waals surface area contributed by atoms with Crippen molar-refractivity contribution >= 4 is 34.2 Å². The molecule has 2 rings (SSSR count). The molecule has 1 unspecified atom stereocenters. The van der Waals surface area contributed by atoms with Crippen LogP contribution in [-0.2, 0) is 7.05 Å². The molecule has 16 heavy (non-hydrogen) atoms. The van der Waals surface area contributed by atoms with E-state index in [2.05, 4.69) is 21.0 Å². The van der Waals surface area contributed by atoms with Crippen LogP contribution in [0.1, 0.15) is 16.9 Å². The Bertz CT molecular complexity index is 375. The van der Waals surface area contributed by atoms with Crippen molar-refractivity contribution in [1.82, 2.24) is 14.7 Å². The number of carbonyl (C=O) groups is 1. The normalized spacial score (nSPS) is 19.7. The van der Waals surface area contributed by atoms with Gasteiger partial charge in [0.15, 0.2) is 0 Å². The average Bonchev–Trinajstić information content (AvgIpc) is 2.73. The summed E-state index contributed by atoms with van der Waals surface area (Å²) in [5.41, 5.74) is 6.35. The second-order valence-electron chi connectivity index (χ2n) is 3.76. The van der Waals surface area contributed by atoms with E-state index in [4.69, 9.17) is 5.73 Å². The SMILES string of the molecule is Cl.Cn1ncc(Br)c1C(=O)N1CCC(N)C1. The first kappa shape index (κ1) is 13.5. The molecular weight excluding hydrogens is 295 g/mol. The van der Waals surface area contributed by atoms with Crippen LogP contribution in [0.3, 0.4) is 0 Å². The summed E-state index contributed by atoms with van der Waals surface area (Å²) < 4.78 is 2.31. The molecule has 5 nitrogen and oxygen atoms in total. The molecule has 1 fully saturated rings. The van der Waals surface area contributed by atoms with Gasteiger partial charge < -0.3 is 10.6 Å². The maximum absolute atomic E-state index is 12.1. The Morgan fingerprint density at radius 3 is 2.81 bits per heavy atom. The van der Waals surface area contributed by atoms with Crippen molar-refractivity contribution < 1.29 is 4.79 Å². The number of rotatable bonds is 1. The molecule has 1 atom stereocenters. The van der Waals surface area contributed by atoms with Gasteiger partial charge in [-0.3, -0.25) is 9.48 Å². The molecule has 0 radical (unpaired) electrons. The summed E-state index contributed by atoms with van der Waals surface area (Å²) >= 11 is 3.32. The zero-order valence-electron chi connectivity index (χ0n) is 8.89. The van der Waals surface area contributed by atoms with E-state index in [1.165, 1.54) is 0 Å². The fraction of sp³-hybridized carbons (Fsp3) is 0.556. The molecular formula is C9H14BrClN4O. The topological polar surface area (TPSA) is 64.2 Å². The van der Waals surface area contributed by atoms with Gasteiger partial charge in [0.25, 0.3) is 5.91 Å². The van der Waals surface area contributed by atoms with Crippen LogP contribution in [0.25, 0.3) is 0 Å². The second-order valence-corrected chi connectivity index (χ2v) is 4.62. The highest BCUT2D eigenvalue weighted by Crippen LogP contribution is 2.19. The van der Waals surface area contributed by atoms with Crippen molar-refractivity contribution in [3.05, 3.63) is 16.4 Å². The van der Waals surface area contributed by atoms with E-state index in [0.29, 0.717) is 12.2 Å². The van der Waals surface area contributed by atoms with Crippen LogP contribution in [0.5, 0.6) is 0 Å². The van der Waals surface area contributed by atoms with E-state index in [-0.39, 0.29) is 24.4 Å². The monoisotopic (exact) mass is 308 g/mol. The van der Waals surface area contributed by atoms with Crippen molar-refractivity contribution in [2.24, 2.45) is 12.8 Å². The standard InChI is InChI=1S/C9H13BrN4O.ClH/c1-13-8(7(10)4-12-13)9(15)14-3-2-6(11)5-14;/h4,6H,2-3,5,11H2,1H3;1H. The molecule has 1 aliphatic rings. The molecule has 0 aliphatic carbocycles. The van der Waals surface area contributed by atoms with Crippen LogP contribution in [0.2, 0.25) is 0 Å². The van der Waals surface area contributed by atoms with Crippen LogP contribution in [0.15, 0.2) is 10.7 Å². The molecule has 2 N–H and O–H groups in total. The summed E-state index contributed by atoms with van der Waals surface area (Å²) in [5.74, 6) is -0.00479. The number of carbonyl (C=O) groups excluding carboxylic acids is 1. The zero-order chi connectivity index (χ0) is 11.0. The van der Waals surface area contributed by atoms with Gasteiger partial charge in [-0.1, -0.05) is 0 Å². The number of nitrogens with two attached hydrogens (primary N) is 1. The van der Waals surface area contributed by atoms with Crippen molar-refractivity contribution in [3.8, 4) is 0 Å². The third-order valence-electron chi connectivity index (χ3n) is 2.61. The van der Waals surface area contributed by atoms with Gasteiger partial charge in [-0.05, 0) is 22.4 Å². The van der Waals surface area contributed by atoms with Gasteiger partial charge in [-0.25, -0.2) is 0 Å². The number of aryl methyl sites for hydroxylation is 1. The lowest BCUT2D eigenvalue weighted by atomic mass is 10.3. The number of hydrogen-bond donors (Lipinski definition) is 1. The Balaban J connectivity index is 0.00000128. The van der Waals surface area contributed by atoms with E-state index in [0.717, 1.165) is 17.4 Å². The van der Waals surface area contributed by atoms with Gasteiger partial charge in [0.05, 0.1) is 10.7 Å². The molecule has 1 aliphatic heterocycles. The Kier molecular flexibility index (Phi) is 4.35. The minimum Gasteiger partial charge on any atom is -0.336 e. The molecule has 1 aromatic rings. The summed E-state index contributed by atoms with van der Waals surface area (Å²) in [6, 6.07) is 0.112. The van der Waals surface area contributed by atoms with E-state index in [9.17, 15) is 4.79 Å². The lowest BCUT2D eigenvalue weighted by molar-refractivity contribution is 0.0779. The highest BCUT2D eigenvalue weighted by Gasteiger charge is 2.27. The predicted octanol–water partition coefficient (Wildman–Crippen LogP) is 0.778. The molecule has 7 heteroatoms. The lowest BCUT2D eigenvalue weighted by Gasteiger charge is -2.15. The Hall–Kier alpha value is -0.590. The first-order valence-corrected chi connectivity index (χ1v) is 5.61. The summed E-state index contributed by atoms with van der Waals surface area (Å²) in [6.07, 6.45) is 2.50. The van der Waals surface area contributed by atoms with Gasteiger partial charge >= 0.3 is 0 Å². The largest absolute Gasteiger partial charge is 0.336 e. The Labute approximate surface area is 109 Å². The quantitative estimate of drug-likeness (QED) is 0.834. The summed E-state index contributed by atoms with van der Waals surface area (Å²) in [6.45, 7) is 1.37. The van der Waals surface area contributed by atoms with Crippen LogP contribution in [0, 0.1) is 0 Å². The lowest BCUT2D eigenvalue weighted by Crippen LogP contribution is -2.33. The van der Waals surface area contributed by atoms with E-state index < -0.39 is 0 Å². The predicted molar refractivity (Wildman–Crippen MR) is 66.7 cm³/mol. The highest BCUT2D eigenvalue weighted by atomic mass is 79.9. The maximum Gasteiger partial charge on any atom is 0.273 e. The zero-order valence-corrected chi connectivity index (χ0v) is 11.3. The molecule has 1 saturated heterocycles. The molecule has 0 spiro atoms. The number of nitrogens with zero attached hydrogens (tertiary/aromatic N) is 3. The highest BCUT2D eigenvalue weighted by molar-refractivity contribution is 9.10. The van der Waals surface area contributed by atoms with Gasteiger partial charge in [-0.2, -0.15) is 5.10 Å². The van der Waals surface area contributed by atoms with Gasteiger partial charge in [-0.15, -0.1) is 12.4 Å². The van der Waals surface area contributed by atoms with Gasteiger partial charge in [0.2, 0.25) is 0 Å². The van der Waals surface area contributed by atoms with Crippen molar-refractivity contribution in [3.63, 3.8) is 0 Å². The van der Waals surface area contributed by atoms with E-state index in [1.54, 1.807) is 22.8 Å². The number of aromatic nitrogens is 2. The van der Waals surface area contributed by atoms with E-state index in [1.807, 2.05) is 0 Å². The fourth-order valence-electron chi connectivity index (χ4n) is 1.77. The van der Waals surface area contributed by atoms with Crippen LogP contribution in [0.4, 0.5) is 0 Å². The summed E-state index contributed by atoms with van der Waals surface area (Å²) in [7, 11) is 1.76.